The lowest BCUT2D eigenvalue weighted by atomic mass is 10.3. The van der Waals surface area contributed by atoms with E-state index in [9.17, 15) is 0 Å². The second-order valence-corrected chi connectivity index (χ2v) is 2.73. The Morgan fingerprint density at radius 2 is 2.31 bits per heavy atom. The Morgan fingerprint density at radius 3 is 3.00 bits per heavy atom. The Kier molecular flexibility index (Phi) is 1.94. The first-order chi connectivity index (χ1) is 6.35. The highest BCUT2D eigenvalue weighted by atomic mass is 16.3. The standard InChI is InChI=1S/C8H10N4O/c1-2-6-4-12-7(3-9-6)10-11-8(12)5-13/h3-4,13H,2,5H2,1H3. The molecule has 0 aliphatic carbocycles. The van der Waals surface area contributed by atoms with Gasteiger partial charge >= 0.3 is 0 Å². The Morgan fingerprint density at radius 1 is 1.46 bits per heavy atom. The van der Waals surface area contributed by atoms with E-state index in [2.05, 4.69) is 15.2 Å². The fourth-order valence-corrected chi connectivity index (χ4v) is 1.18. The molecule has 5 heteroatoms. The average molecular weight is 178 g/mol. The molecule has 2 rings (SSSR count). The Bertz CT molecular complexity index is 423. The van der Waals surface area contributed by atoms with Crippen LogP contribution >= 0.6 is 0 Å². The summed E-state index contributed by atoms with van der Waals surface area (Å²) in [6.45, 7) is 1.92. The summed E-state index contributed by atoms with van der Waals surface area (Å²) in [5, 5.41) is 16.6. The first-order valence-corrected chi connectivity index (χ1v) is 4.14. The first-order valence-electron chi connectivity index (χ1n) is 4.14. The zero-order chi connectivity index (χ0) is 9.26. The number of hydrogen-bond donors (Lipinski definition) is 1. The van der Waals surface area contributed by atoms with Gasteiger partial charge in [-0.05, 0) is 6.42 Å². The van der Waals surface area contributed by atoms with Crippen LogP contribution in [0.1, 0.15) is 18.4 Å². The van der Waals surface area contributed by atoms with Gasteiger partial charge in [0.25, 0.3) is 0 Å². The molecule has 0 fully saturated rings. The van der Waals surface area contributed by atoms with Gasteiger partial charge in [0.1, 0.15) is 6.61 Å². The predicted octanol–water partition coefficient (Wildman–Crippen LogP) is 0.179. The van der Waals surface area contributed by atoms with Gasteiger partial charge in [0, 0.05) is 6.20 Å². The summed E-state index contributed by atoms with van der Waals surface area (Å²) in [6, 6.07) is 0. The summed E-state index contributed by atoms with van der Waals surface area (Å²) in [5.41, 5.74) is 1.63. The summed E-state index contributed by atoms with van der Waals surface area (Å²) in [6.07, 6.45) is 4.37. The molecule has 2 aromatic heterocycles. The summed E-state index contributed by atoms with van der Waals surface area (Å²) in [5.74, 6) is 0.548. The molecule has 0 radical (unpaired) electrons. The van der Waals surface area contributed by atoms with Crippen molar-refractivity contribution < 1.29 is 5.11 Å². The van der Waals surface area contributed by atoms with Crippen LogP contribution in [0.4, 0.5) is 0 Å². The highest BCUT2D eigenvalue weighted by Crippen LogP contribution is 2.04. The maximum absolute atomic E-state index is 8.94. The molecule has 0 aliphatic rings. The van der Waals surface area contributed by atoms with E-state index in [-0.39, 0.29) is 6.61 Å². The zero-order valence-electron chi connectivity index (χ0n) is 7.30. The summed E-state index contributed by atoms with van der Waals surface area (Å²) in [4.78, 5) is 4.17. The molecule has 0 saturated heterocycles. The fraction of sp³-hybridized carbons (Fsp3) is 0.375. The maximum atomic E-state index is 8.94. The molecule has 1 N–H and O–H groups in total. The van der Waals surface area contributed by atoms with E-state index in [1.54, 1.807) is 10.6 Å². The zero-order valence-corrected chi connectivity index (χ0v) is 7.30. The summed E-state index contributed by atoms with van der Waals surface area (Å²) >= 11 is 0. The van der Waals surface area contributed by atoms with Gasteiger partial charge in [0.15, 0.2) is 11.5 Å². The molecule has 0 aliphatic heterocycles. The van der Waals surface area contributed by atoms with Crippen LogP contribution in [0.5, 0.6) is 0 Å². The van der Waals surface area contributed by atoms with E-state index < -0.39 is 0 Å². The van der Waals surface area contributed by atoms with Crippen molar-refractivity contribution >= 4 is 5.65 Å². The average Bonchev–Trinajstić information content (AvgIpc) is 2.59. The molecule has 0 unspecified atom stereocenters. The van der Waals surface area contributed by atoms with Crippen molar-refractivity contribution in [1.82, 2.24) is 19.6 Å². The number of nitrogens with zero attached hydrogens (tertiary/aromatic N) is 4. The van der Waals surface area contributed by atoms with Crippen LogP contribution in [-0.2, 0) is 13.0 Å². The Labute approximate surface area is 75.1 Å². The third-order valence-electron chi connectivity index (χ3n) is 1.92. The number of aliphatic hydroxyl groups excluding tert-OH is 1. The second-order valence-electron chi connectivity index (χ2n) is 2.73. The van der Waals surface area contributed by atoms with Crippen molar-refractivity contribution in [3.05, 3.63) is 23.9 Å². The molecular formula is C8H10N4O. The van der Waals surface area contributed by atoms with E-state index in [0.717, 1.165) is 12.1 Å². The number of aliphatic hydroxyl groups is 1. The normalized spacial score (nSPS) is 10.9. The lowest BCUT2D eigenvalue weighted by Crippen LogP contribution is -1.97. The number of aryl methyl sites for hydroxylation is 1. The predicted molar refractivity (Wildman–Crippen MR) is 46.1 cm³/mol. The molecule has 13 heavy (non-hydrogen) atoms. The highest BCUT2D eigenvalue weighted by Gasteiger charge is 2.04. The largest absolute Gasteiger partial charge is 0.388 e. The minimum Gasteiger partial charge on any atom is -0.388 e. The van der Waals surface area contributed by atoms with Crippen LogP contribution in [0.3, 0.4) is 0 Å². The van der Waals surface area contributed by atoms with Gasteiger partial charge in [-0.1, -0.05) is 6.92 Å². The quantitative estimate of drug-likeness (QED) is 0.712. The summed E-state index contributed by atoms with van der Waals surface area (Å²) in [7, 11) is 0. The minimum absolute atomic E-state index is 0.103. The second kappa shape index (κ2) is 3.10. The van der Waals surface area contributed by atoms with Crippen molar-refractivity contribution in [2.24, 2.45) is 0 Å². The molecule has 68 valence electrons. The van der Waals surface area contributed by atoms with Crippen LogP contribution in [-0.4, -0.2) is 24.7 Å². The van der Waals surface area contributed by atoms with E-state index in [4.69, 9.17) is 5.11 Å². The topological polar surface area (TPSA) is 63.3 Å². The van der Waals surface area contributed by atoms with E-state index >= 15 is 0 Å². The third kappa shape index (κ3) is 1.27. The number of aromatic nitrogens is 4. The van der Waals surface area contributed by atoms with Gasteiger partial charge < -0.3 is 5.11 Å². The number of fused-ring (bicyclic) bond motifs is 1. The molecule has 0 saturated carbocycles. The van der Waals surface area contributed by atoms with Gasteiger partial charge in [0.05, 0.1) is 11.9 Å². The third-order valence-corrected chi connectivity index (χ3v) is 1.92. The van der Waals surface area contributed by atoms with Crippen molar-refractivity contribution in [1.29, 1.82) is 0 Å². The molecule has 2 aromatic rings. The Hall–Kier alpha value is -1.49. The molecule has 0 amide bonds. The van der Waals surface area contributed by atoms with Crippen molar-refractivity contribution in [3.63, 3.8) is 0 Å². The van der Waals surface area contributed by atoms with Crippen LogP contribution in [0.15, 0.2) is 12.4 Å². The first kappa shape index (κ1) is 8.12. The maximum Gasteiger partial charge on any atom is 0.179 e. The molecule has 0 bridgehead atoms. The van der Waals surface area contributed by atoms with Crippen LogP contribution in [0.25, 0.3) is 5.65 Å². The van der Waals surface area contributed by atoms with Gasteiger partial charge in [-0.3, -0.25) is 9.38 Å². The fourth-order valence-electron chi connectivity index (χ4n) is 1.18. The van der Waals surface area contributed by atoms with Gasteiger partial charge in [0.2, 0.25) is 0 Å². The number of hydrogen-bond acceptors (Lipinski definition) is 4. The molecule has 0 spiro atoms. The molecular weight excluding hydrogens is 168 g/mol. The molecule has 0 atom stereocenters. The lowest BCUT2D eigenvalue weighted by Gasteiger charge is -1.98. The highest BCUT2D eigenvalue weighted by molar-refractivity contribution is 5.34. The van der Waals surface area contributed by atoms with Crippen molar-refractivity contribution in [2.45, 2.75) is 20.0 Å². The van der Waals surface area contributed by atoms with Gasteiger partial charge in [-0.15, -0.1) is 10.2 Å². The molecule has 2 heterocycles. The monoisotopic (exact) mass is 178 g/mol. The smallest absolute Gasteiger partial charge is 0.179 e. The molecule has 0 aromatic carbocycles. The van der Waals surface area contributed by atoms with Crippen LogP contribution in [0.2, 0.25) is 0 Å². The minimum atomic E-state index is -0.103. The van der Waals surface area contributed by atoms with Crippen LogP contribution in [0, 0.1) is 0 Å². The van der Waals surface area contributed by atoms with Crippen molar-refractivity contribution in [3.8, 4) is 0 Å². The van der Waals surface area contributed by atoms with Crippen molar-refractivity contribution in [2.75, 3.05) is 0 Å². The van der Waals surface area contributed by atoms with Gasteiger partial charge in [-0.2, -0.15) is 0 Å². The van der Waals surface area contributed by atoms with E-state index in [0.29, 0.717) is 11.5 Å². The van der Waals surface area contributed by atoms with Gasteiger partial charge in [-0.25, -0.2) is 0 Å². The summed E-state index contributed by atoms with van der Waals surface area (Å²) < 4.78 is 1.76. The lowest BCUT2D eigenvalue weighted by molar-refractivity contribution is 0.270. The Balaban J connectivity index is 2.64. The van der Waals surface area contributed by atoms with E-state index in [1.807, 2.05) is 13.1 Å². The van der Waals surface area contributed by atoms with E-state index in [1.165, 1.54) is 0 Å². The number of rotatable bonds is 2. The van der Waals surface area contributed by atoms with Crippen LogP contribution < -0.4 is 0 Å². The molecule has 5 nitrogen and oxygen atoms in total. The SMILES string of the molecule is CCc1cn2c(CO)nnc2cn1.